The van der Waals surface area contributed by atoms with Gasteiger partial charge in [-0.2, -0.15) is 5.10 Å². The van der Waals surface area contributed by atoms with E-state index in [1.54, 1.807) is 23.4 Å². The Hall–Kier alpha value is -4.08. The van der Waals surface area contributed by atoms with Crippen molar-refractivity contribution in [2.24, 2.45) is 7.05 Å². The van der Waals surface area contributed by atoms with E-state index < -0.39 is 0 Å². The van der Waals surface area contributed by atoms with Gasteiger partial charge in [0, 0.05) is 49.4 Å². The van der Waals surface area contributed by atoms with Gasteiger partial charge in [0.05, 0.1) is 24.1 Å². The molecule has 1 atom stereocenters. The van der Waals surface area contributed by atoms with Crippen LogP contribution >= 0.6 is 0 Å². The molecule has 0 bridgehead atoms. The minimum Gasteiger partial charge on any atom is -0.341 e. The summed E-state index contributed by atoms with van der Waals surface area (Å²) in [5.41, 5.74) is 4.97. The summed E-state index contributed by atoms with van der Waals surface area (Å²) in [6.45, 7) is 7.10. The first-order chi connectivity index (χ1) is 15.9. The fourth-order valence-corrected chi connectivity index (χ4v) is 4.10. The van der Waals surface area contributed by atoms with E-state index in [4.69, 9.17) is 4.98 Å². The highest BCUT2D eigenvalue weighted by Gasteiger charge is 2.31. The molecule has 1 aliphatic rings. The minimum atomic E-state index is -0.0174. The Morgan fingerprint density at radius 2 is 2.03 bits per heavy atom. The lowest BCUT2D eigenvalue weighted by Gasteiger charge is -2.34. The number of rotatable bonds is 5. The molecule has 0 aromatic carbocycles. The highest BCUT2D eigenvalue weighted by atomic mass is 16.2. The average molecular weight is 444 g/mol. The molecule has 33 heavy (non-hydrogen) atoms. The maximum Gasteiger partial charge on any atom is 0.271 e. The fraction of sp³-hybridized carbons (Fsp3) is 0.304. The van der Waals surface area contributed by atoms with E-state index in [0.29, 0.717) is 24.7 Å². The molecular formula is C23H25N9O. The van der Waals surface area contributed by atoms with E-state index in [1.165, 1.54) is 0 Å². The monoisotopic (exact) mass is 443 g/mol. The molecule has 0 fully saturated rings. The summed E-state index contributed by atoms with van der Waals surface area (Å²) in [5.74, 6) is 1.25. The van der Waals surface area contributed by atoms with Crippen LogP contribution in [0, 0.1) is 13.8 Å². The van der Waals surface area contributed by atoms with Gasteiger partial charge in [-0.15, -0.1) is 0 Å². The third-order valence-corrected chi connectivity index (χ3v) is 5.87. The maximum atomic E-state index is 13.4. The topological polar surface area (TPSA) is 107 Å². The van der Waals surface area contributed by atoms with Gasteiger partial charge in [0.1, 0.15) is 17.8 Å². The molecule has 1 aliphatic heterocycles. The number of carbonyl (C=O) groups is 1. The Morgan fingerprint density at radius 1 is 1.18 bits per heavy atom. The van der Waals surface area contributed by atoms with Crippen molar-refractivity contribution >= 4 is 17.7 Å². The molecule has 5 heterocycles. The Bertz CT molecular complexity index is 1340. The largest absolute Gasteiger partial charge is 0.341 e. The second kappa shape index (κ2) is 8.12. The van der Waals surface area contributed by atoms with Crippen molar-refractivity contribution in [3.63, 3.8) is 0 Å². The van der Waals surface area contributed by atoms with Crippen molar-refractivity contribution in [3.05, 3.63) is 65.8 Å². The lowest BCUT2D eigenvalue weighted by atomic mass is 10.1. The van der Waals surface area contributed by atoms with Gasteiger partial charge in [0.15, 0.2) is 0 Å². The number of amides is 1. The van der Waals surface area contributed by atoms with Crippen molar-refractivity contribution in [2.45, 2.75) is 39.9 Å². The third-order valence-electron chi connectivity index (χ3n) is 5.87. The van der Waals surface area contributed by atoms with Crippen molar-refractivity contribution < 1.29 is 4.79 Å². The predicted molar refractivity (Wildman–Crippen MR) is 123 cm³/mol. The zero-order valence-corrected chi connectivity index (χ0v) is 19.0. The van der Waals surface area contributed by atoms with Gasteiger partial charge in [-0.05, 0) is 38.5 Å². The summed E-state index contributed by atoms with van der Waals surface area (Å²) in [5, 5.41) is 7.35. The number of nitrogens with zero attached hydrogens (tertiary/aromatic N) is 8. The van der Waals surface area contributed by atoms with Gasteiger partial charge in [-0.3, -0.25) is 9.48 Å². The van der Waals surface area contributed by atoms with E-state index in [0.717, 1.165) is 34.0 Å². The van der Waals surface area contributed by atoms with E-state index in [1.807, 2.05) is 54.8 Å². The van der Waals surface area contributed by atoms with Crippen LogP contribution in [-0.2, 0) is 20.1 Å². The fourth-order valence-electron chi connectivity index (χ4n) is 4.10. The van der Waals surface area contributed by atoms with Gasteiger partial charge < -0.3 is 14.8 Å². The summed E-state index contributed by atoms with van der Waals surface area (Å²) in [6.07, 6.45) is 7.03. The normalized spacial score (nSPS) is 15.6. The molecule has 4 aromatic heterocycles. The molecule has 1 amide bonds. The summed E-state index contributed by atoms with van der Waals surface area (Å²) in [6, 6.07) is 5.72. The second-order valence-corrected chi connectivity index (χ2v) is 8.39. The van der Waals surface area contributed by atoms with E-state index in [9.17, 15) is 4.79 Å². The van der Waals surface area contributed by atoms with Crippen LogP contribution in [0.25, 0.3) is 11.3 Å². The lowest BCUT2D eigenvalue weighted by molar-refractivity contribution is 0.0592. The number of anilines is 2. The van der Waals surface area contributed by atoms with Crippen molar-refractivity contribution in [3.8, 4) is 11.3 Å². The zero-order valence-electron chi connectivity index (χ0n) is 19.0. The number of hydrogen-bond donors (Lipinski definition) is 1. The first kappa shape index (κ1) is 20.8. The van der Waals surface area contributed by atoms with Crippen molar-refractivity contribution in [2.75, 3.05) is 5.32 Å². The minimum absolute atomic E-state index is 0.0174. The number of hydrogen-bond acceptors (Lipinski definition) is 7. The molecule has 5 rings (SSSR count). The van der Waals surface area contributed by atoms with Gasteiger partial charge >= 0.3 is 0 Å². The zero-order chi connectivity index (χ0) is 23.1. The lowest BCUT2D eigenvalue weighted by Crippen LogP contribution is -2.45. The smallest absolute Gasteiger partial charge is 0.271 e. The van der Waals surface area contributed by atoms with E-state index in [2.05, 4.69) is 32.3 Å². The van der Waals surface area contributed by atoms with Crippen LogP contribution in [0.1, 0.15) is 34.4 Å². The Labute approximate surface area is 191 Å². The van der Waals surface area contributed by atoms with Gasteiger partial charge in [0.25, 0.3) is 5.91 Å². The summed E-state index contributed by atoms with van der Waals surface area (Å²) >= 11 is 0. The highest BCUT2D eigenvalue weighted by molar-refractivity contribution is 5.95. The molecule has 10 nitrogen and oxygen atoms in total. The number of aromatic nitrogens is 7. The van der Waals surface area contributed by atoms with Crippen molar-refractivity contribution in [1.29, 1.82) is 0 Å². The summed E-state index contributed by atoms with van der Waals surface area (Å²) in [4.78, 5) is 32.8. The number of fused-ring (bicyclic) bond motifs is 1. The summed E-state index contributed by atoms with van der Waals surface area (Å²) in [7, 11) is 1.85. The first-order valence-electron chi connectivity index (χ1n) is 10.8. The van der Waals surface area contributed by atoms with Crippen LogP contribution < -0.4 is 5.32 Å². The van der Waals surface area contributed by atoms with Crippen LogP contribution in [0.3, 0.4) is 0 Å². The Kier molecular flexibility index (Phi) is 5.12. The molecule has 0 radical (unpaired) electrons. The SMILES string of the molecule is Cc1cc(CN2C(=O)c3cc(-c4nc(Nc5ccnn5C)ncc4C)cn3C[C@@H]2C)ncn1. The van der Waals surface area contributed by atoms with Crippen LogP contribution in [0.2, 0.25) is 0 Å². The molecule has 0 spiro atoms. The standard InChI is InChI=1S/C23H25N9O/c1-14-9-24-23(28-20-5-6-27-30(20)4)29-21(14)17-8-19-22(33)32(16(3)10-31(19)11-17)12-18-7-15(2)25-13-26-18/h5-9,11,13,16H,10,12H2,1-4H3,(H,24,28,29)/t16-/m0/s1. The number of nitrogens with one attached hydrogen (secondary N) is 1. The Balaban J connectivity index is 1.44. The molecule has 0 aliphatic carbocycles. The van der Waals surface area contributed by atoms with E-state index in [-0.39, 0.29) is 11.9 Å². The molecule has 10 heteroatoms. The first-order valence-corrected chi connectivity index (χ1v) is 10.8. The number of aryl methyl sites for hydroxylation is 3. The molecule has 0 saturated carbocycles. The predicted octanol–water partition coefficient (Wildman–Crippen LogP) is 2.87. The molecule has 0 unspecified atom stereocenters. The summed E-state index contributed by atoms with van der Waals surface area (Å²) < 4.78 is 3.73. The second-order valence-electron chi connectivity index (χ2n) is 8.39. The van der Waals surface area contributed by atoms with Crippen LogP contribution in [-0.4, -0.2) is 51.1 Å². The molecule has 0 saturated heterocycles. The van der Waals surface area contributed by atoms with Crippen molar-refractivity contribution in [1.82, 2.24) is 39.2 Å². The average Bonchev–Trinajstić information content (AvgIpc) is 3.39. The maximum absolute atomic E-state index is 13.4. The molecule has 4 aromatic rings. The number of carbonyl (C=O) groups excluding carboxylic acids is 1. The van der Waals surface area contributed by atoms with Gasteiger partial charge in [-0.1, -0.05) is 0 Å². The molecule has 1 N–H and O–H groups in total. The van der Waals surface area contributed by atoms with Gasteiger partial charge in [-0.25, -0.2) is 19.9 Å². The molecular weight excluding hydrogens is 418 g/mol. The third kappa shape index (κ3) is 3.95. The van der Waals surface area contributed by atoms with E-state index >= 15 is 0 Å². The highest BCUT2D eigenvalue weighted by Crippen LogP contribution is 2.29. The van der Waals surface area contributed by atoms with Crippen LogP contribution in [0.15, 0.2) is 43.1 Å². The molecule has 168 valence electrons. The van der Waals surface area contributed by atoms with Crippen LogP contribution in [0.4, 0.5) is 11.8 Å². The van der Waals surface area contributed by atoms with Crippen LogP contribution in [0.5, 0.6) is 0 Å². The quantitative estimate of drug-likeness (QED) is 0.505. The Morgan fingerprint density at radius 3 is 2.79 bits per heavy atom. The van der Waals surface area contributed by atoms with Gasteiger partial charge in [0.2, 0.25) is 5.95 Å².